The fourth-order valence-corrected chi connectivity index (χ4v) is 6.33. The SMILES string of the molecule is COc1ccc(F)cc1C(Cn1c(=O)n(C(C)(C)C(N)=O)c(=O)c2c(C)c(-n3cccn3)sc21)OC1CCOCC1. The molecule has 0 aliphatic carbocycles. The zero-order valence-corrected chi connectivity index (χ0v) is 24.1. The molecule has 41 heavy (non-hydrogen) atoms. The van der Waals surface area contributed by atoms with Crippen LogP contribution in [0.15, 0.2) is 46.2 Å². The molecule has 218 valence electrons. The molecule has 1 atom stereocenters. The summed E-state index contributed by atoms with van der Waals surface area (Å²) >= 11 is 1.21. The van der Waals surface area contributed by atoms with Crippen LogP contribution >= 0.6 is 11.3 Å². The maximum Gasteiger partial charge on any atom is 0.333 e. The number of fused-ring (bicyclic) bond motifs is 1. The smallest absolute Gasteiger partial charge is 0.333 e. The largest absolute Gasteiger partial charge is 0.496 e. The number of halogens is 1. The number of methoxy groups -OCH3 is 1. The van der Waals surface area contributed by atoms with Crippen molar-refractivity contribution in [3.8, 4) is 10.8 Å². The van der Waals surface area contributed by atoms with Gasteiger partial charge in [0.05, 0.1) is 25.1 Å². The molecule has 0 bridgehead atoms. The zero-order chi connectivity index (χ0) is 29.5. The summed E-state index contributed by atoms with van der Waals surface area (Å²) in [5.74, 6) is -0.950. The van der Waals surface area contributed by atoms with Crippen LogP contribution in [0.5, 0.6) is 5.75 Å². The topological polar surface area (TPSA) is 133 Å². The number of carbonyl (C=O) groups excluding carboxylic acids is 1. The van der Waals surface area contributed by atoms with Gasteiger partial charge in [0.1, 0.15) is 33.0 Å². The molecule has 1 fully saturated rings. The fourth-order valence-electron chi connectivity index (χ4n) is 5.09. The molecule has 1 aliphatic rings. The molecule has 5 rings (SSSR count). The Bertz CT molecular complexity index is 1700. The zero-order valence-electron chi connectivity index (χ0n) is 23.3. The van der Waals surface area contributed by atoms with Crippen molar-refractivity contribution in [3.63, 3.8) is 0 Å². The number of thiophene rings is 1. The summed E-state index contributed by atoms with van der Waals surface area (Å²) in [6.07, 6.45) is 3.52. The molecule has 13 heteroatoms. The van der Waals surface area contributed by atoms with Crippen LogP contribution in [0.3, 0.4) is 0 Å². The molecule has 3 aromatic heterocycles. The van der Waals surface area contributed by atoms with Crippen LogP contribution in [0, 0.1) is 12.7 Å². The van der Waals surface area contributed by atoms with E-state index in [0.717, 1.165) is 4.57 Å². The Labute approximate surface area is 238 Å². The lowest BCUT2D eigenvalue weighted by atomic mass is 10.0. The van der Waals surface area contributed by atoms with Crippen molar-refractivity contribution in [2.45, 2.75) is 57.9 Å². The molecule has 0 saturated carbocycles. The van der Waals surface area contributed by atoms with E-state index in [-0.39, 0.29) is 18.0 Å². The molecule has 11 nitrogen and oxygen atoms in total. The molecule has 1 aliphatic heterocycles. The first-order chi connectivity index (χ1) is 19.5. The van der Waals surface area contributed by atoms with Gasteiger partial charge >= 0.3 is 5.69 Å². The average molecular weight is 586 g/mol. The lowest BCUT2D eigenvalue weighted by Gasteiger charge is -2.30. The van der Waals surface area contributed by atoms with Gasteiger partial charge in [0, 0.05) is 36.7 Å². The van der Waals surface area contributed by atoms with Crippen molar-refractivity contribution in [3.05, 3.63) is 74.4 Å². The van der Waals surface area contributed by atoms with Crippen molar-refractivity contribution in [2.24, 2.45) is 5.73 Å². The van der Waals surface area contributed by atoms with Gasteiger partial charge in [0.15, 0.2) is 0 Å². The van der Waals surface area contributed by atoms with E-state index in [1.807, 2.05) is 0 Å². The number of hydrogen-bond donors (Lipinski definition) is 1. The summed E-state index contributed by atoms with van der Waals surface area (Å²) in [4.78, 5) is 40.9. The highest BCUT2D eigenvalue weighted by Crippen LogP contribution is 2.35. The molecule has 1 saturated heterocycles. The van der Waals surface area contributed by atoms with Crippen molar-refractivity contribution < 1.29 is 23.4 Å². The molecule has 1 unspecified atom stereocenters. The van der Waals surface area contributed by atoms with Gasteiger partial charge in [0.25, 0.3) is 5.56 Å². The number of nitrogens with two attached hydrogens (primary N) is 1. The minimum Gasteiger partial charge on any atom is -0.496 e. The van der Waals surface area contributed by atoms with Crippen LogP contribution in [-0.4, -0.2) is 51.2 Å². The summed E-state index contributed by atoms with van der Waals surface area (Å²) in [7, 11) is 1.47. The third-order valence-electron chi connectivity index (χ3n) is 7.47. The second kappa shape index (κ2) is 11.2. The van der Waals surface area contributed by atoms with E-state index in [1.54, 1.807) is 30.1 Å². The van der Waals surface area contributed by atoms with Gasteiger partial charge < -0.3 is 19.9 Å². The fraction of sp³-hybridized carbons (Fsp3) is 0.429. The van der Waals surface area contributed by atoms with Crippen LogP contribution in [0.2, 0.25) is 0 Å². The third-order valence-corrected chi connectivity index (χ3v) is 8.78. The Kier molecular flexibility index (Phi) is 7.86. The molecule has 1 aromatic carbocycles. The number of amides is 1. The second-order valence-corrected chi connectivity index (χ2v) is 11.4. The summed E-state index contributed by atoms with van der Waals surface area (Å²) in [5.41, 5.74) is 3.65. The first kappa shape index (κ1) is 28.7. The predicted molar refractivity (Wildman–Crippen MR) is 151 cm³/mol. The average Bonchev–Trinajstić information content (AvgIpc) is 3.59. The number of hydrogen-bond acceptors (Lipinski definition) is 8. The third kappa shape index (κ3) is 5.20. The molecule has 4 aromatic rings. The molecule has 2 N–H and O–H groups in total. The summed E-state index contributed by atoms with van der Waals surface area (Å²) in [6.45, 7) is 5.54. The number of ether oxygens (including phenoxy) is 3. The van der Waals surface area contributed by atoms with E-state index in [0.29, 0.717) is 52.8 Å². The first-order valence-corrected chi connectivity index (χ1v) is 14.0. The van der Waals surface area contributed by atoms with E-state index in [1.165, 1.54) is 55.1 Å². The number of aromatic nitrogens is 4. The summed E-state index contributed by atoms with van der Waals surface area (Å²) < 4.78 is 36.0. The van der Waals surface area contributed by atoms with Crippen LogP contribution < -0.4 is 21.7 Å². The molecule has 0 radical (unpaired) electrons. The van der Waals surface area contributed by atoms with Gasteiger partial charge in [-0.15, -0.1) is 0 Å². The highest BCUT2D eigenvalue weighted by Gasteiger charge is 2.35. The van der Waals surface area contributed by atoms with E-state index >= 15 is 0 Å². The first-order valence-electron chi connectivity index (χ1n) is 13.2. The standard InChI is InChI=1S/C28H32FN5O6S/c1-16-22-23(35)34(28(2,3)26(30)36)27(37)32(25(22)41-24(16)33-11-5-10-31-33)15-21(40-18-8-12-39-13-9-18)19-14-17(29)6-7-20(19)38-4/h5-7,10-11,14,18,21H,8-9,12-13,15H2,1-4H3,(H2,30,36). The predicted octanol–water partition coefficient (Wildman–Crippen LogP) is 3.02. The number of aryl methyl sites for hydroxylation is 1. The molecule has 1 amide bonds. The van der Waals surface area contributed by atoms with E-state index < -0.39 is 34.6 Å². The minimum absolute atomic E-state index is 0.0971. The monoisotopic (exact) mass is 585 g/mol. The maximum absolute atomic E-state index is 14.6. The number of primary amides is 1. The van der Waals surface area contributed by atoms with Gasteiger partial charge in [-0.2, -0.15) is 5.10 Å². The number of nitrogens with zero attached hydrogens (tertiary/aromatic N) is 4. The number of benzene rings is 1. The Hall–Kier alpha value is -3.81. The Morgan fingerprint density at radius 1 is 1.29 bits per heavy atom. The second-order valence-electron chi connectivity index (χ2n) is 10.4. The van der Waals surface area contributed by atoms with Crippen LogP contribution in [-0.2, 0) is 26.4 Å². The highest BCUT2D eigenvalue weighted by molar-refractivity contribution is 7.21. The molecule has 0 spiro atoms. The van der Waals surface area contributed by atoms with Crippen molar-refractivity contribution >= 4 is 27.5 Å². The van der Waals surface area contributed by atoms with E-state index in [2.05, 4.69) is 5.10 Å². The van der Waals surface area contributed by atoms with Gasteiger partial charge in [-0.05, 0) is 57.9 Å². The van der Waals surface area contributed by atoms with Crippen LogP contribution in [0.1, 0.15) is 43.9 Å². The Balaban J connectivity index is 1.77. The summed E-state index contributed by atoms with van der Waals surface area (Å²) in [5, 5.41) is 5.19. The van der Waals surface area contributed by atoms with Gasteiger partial charge in [-0.25, -0.2) is 18.4 Å². The Morgan fingerprint density at radius 3 is 2.66 bits per heavy atom. The van der Waals surface area contributed by atoms with E-state index in [4.69, 9.17) is 19.9 Å². The minimum atomic E-state index is -1.64. The van der Waals surface area contributed by atoms with Crippen molar-refractivity contribution in [2.75, 3.05) is 20.3 Å². The summed E-state index contributed by atoms with van der Waals surface area (Å²) in [6, 6.07) is 5.86. The molecule has 4 heterocycles. The molecular formula is C28H32FN5O6S. The normalized spacial score (nSPS) is 15.3. The van der Waals surface area contributed by atoms with Gasteiger partial charge in [0.2, 0.25) is 5.91 Å². The van der Waals surface area contributed by atoms with Crippen LogP contribution in [0.25, 0.3) is 15.2 Å². The molecular weight excluding hydrogens is 553 g/mol. The van der Waals surface area contributed by atoms with Crippen molar-refractivity contribution in [1.29, 1.82) is 0 Å². The maximum atomic E-state index is 14.6. The lowest BCUT2D eigenvalue weighted by Crippen LogP contribution is -2.54. The van der Waals surface area contributed by atoms with Gasteiger partial charge in [-0.1, -0.05) is 11.3 Å². The highest BCUT2D eigenvalue weighted by atomic mass is 32.1. The number of carbonyl (C=O) groups is 1. The Morgan fingerprint density at radius 2 is 2.02 bits per heavy atom. The van der Waals surface area contributed by atoms with Gasteiger partial charge in [-0.3, -0.25) is 14.2 Å². The van der Waals surface area contributed by atoms with Crippen molar-refractivity contribution in [1.82, 2.24) is 18.9 Å². The van der Waals surface area contributed by atoms with Crippen LogP contribution in [0.4, 0.5) is 4.39 Å². The lowest BCUT2D eigenvalue weighted by molar-refractivity contribution is -0.125. The quantitative estimate of drug-likeness (QED) is 0.319. The number of rotatable bonds is 9. The van der Waals surface area contributed by atoms with E-state index in [9.17, 15) is 18.8 Å².